The zero-order valence-corrected chi connectivity index (χ0v) is 17.2. The van der Waals surface area contributed by atoms with E-state index in [0.717, 1.165) is 25.7 Å². The summed E-state index contributed by atoms with van der Waals surface area (Å²) in [5, 5.41) is 1.19. The molecule has 6 heteroatoms. The molecule has 0 bridgehead atoms. The molecule has 1 amide bonds. The number of nitrogens with one attached hydrogen (secondary N) is 1. The van der Waals surface area contributed by atoms with Gasteiger partial charge in [0.05, 0.1) is 6.61 Å². The van der Waals surface area contributed by atoms with Crippen molar-refractivity contribution in [1.82, 2.24) is 10.4 Å². The molecule has 0 radical (unpaired) electrons. The van der Waals surface area contributed by atoms with Gasteiger partial charge in [0.1, 0.15) is 6.04 Å². The minimum atomic E-state index is -0.748. The number of carbonyl (C=O) groups excluding carboxylic acids is 3. The summed E-state index contributed by atoms with van der Waals surface area (Å²) >= 11 is 0. The first kappa shape index (κ1) is 22.1. The van der Waals surface area contributed by atoms with E-state index in [1.54, 1.807) is 13.8 Å². The van der Waals surface area contributed by atoms with Gasteiger partial charge in [-0.25, -0.2) is 10.2 Å². The second-order valence-corrected chi connectivity index (χ2v) is 7.92. The molecule has 6 nitrogen and oxygen atoms in total. The monoisotopic (exact) mass is 388 g/mol. The van der Waals surface area contributed by atoms with E-state index in [1.807, 2.05) is 25.1 Å². The number of Topliss-reactive ketones (excluding diaryl/α,β-unsaturated/α-hetero) is 1. The number of hydrazine groups is 1. The SMILES string of the molecule is CCC(C)(C)C(=O)C(=O)N1NCCCC1C(=O)OCCCCc1ccccc1. The summed E-state index contributed by atoms with van der Waals surface area (Å²) in [7, 11) is 0. The van der Waals surface area contributed by atoms with Gasteiger partial charge in [0, 0.05) is 12.0 Å². The zero-order chi connectivity index (χ0) is 20.6. The Morgan fingerprint density at radius 3 is 2.57 bits per heavy atom. The Morgan fingerprint density at radius 2 is 1.89 bits per heavy atom. The number of ether oxygens (including phenoxy) is 1. The number of esters is 1. The lowest BCUT2D eigenvalue weighted by molar-refractivity contribution is -0.164. The summed E-state index contributed by atoms with van der Waals surface area (Å²) in [5.74, 6) is -1.58. The Hall–Kier alpha value is -2.21. The Bertz CT molecular complexity index is 672. The number of ketones is 1. The molecule has 1 aliphatic heterocycles. The second kappa shape index (κ2) is 10.4. The molecule has 1 unspecified atom stereocenters. The molecule has 0 aromatic heterocycles. The van der Waals surface area contributed by atoms with Crippen LogP contribution in [0.15, 0.2) is 30.3 Å². The summed E-state index contributed by atoms with van der Waals surface area (Å²) < 4.78 is 5.41. The number of unbranched alkanes of at least 4 members (excludes halogenated alkanes) is 1. The number of rotatable bonds is 9. The summed E-state index contributed by atoms with van der Waals surface area (Å²) in [5.41, 5.74) is 3.43. The molecule has 1 fully saturated rings. The highest BCUT2D eigenvalue weighted by molar-refractivity contribution is 6.38. The predicted molar refractivity (Wildman–Crippen MR) is 107 cm³/mol. The standard InChI is InChI=1S/C22H32N2O4/c1-4-22(2,3)19(25)20(26)24-18(14-10-15-23-24)21(27)28-16-9-8-13-17-11-6-5-7-12-17/h5-7,11-12,18,23H,4,8-10,13-16H2,1-3H3. The summed E-state index contributed by atoms with van der Waals surface area (Å²) in [6, 6.07) is 9.43. The molecular formula is C22H32N2O4. The maximum absolute atomic E-state index is 12.7. The van der Waals surface area contributed by atoms with Gasteiger partial charge in [-0.05, 0) is 44.1 Å². The summed E-state index contributed by atoms with van der Waals surface area (Å²) in [6.07, 6.45) is 4.43. The molecule has 0 saturated carbocycles. The second-order valence-electron chi connectivity index (χ2n) is 7.92. The molecule has 1 N–H and O–H groups in total. The maximum Gasteiger partial charge on any atom is 0.330 e. The number of amides is 1. The Kier molecular flexibility index (Phi) is 8.18. The maximum atomic E-state index is 12.7. The van der Waals surface area contributed by atoms with E-state index >= 15 is 0 Å². The smallest absolute Gasteiger partial charge is 0.330 e. The summed E-state index contributed by atoms with van der Waals surface area (Å²) in [4.78, 5) is 37.7. The van der Waals surface area contributed by atoms with E-state index in [-0.39, 0.29) is 0 Å². The van der Waals surface area contributed by atoms with Crippen LogP contribution < -0.4 is 5.43 Å². The topological polar surface area (TPSA) is 75.7 Å². The van der Waals surface area contributed by atoms with Crippen molar-refractivity contribution < 1.29 is 19.1 Å². The fourth-order valence-corrected chi connectivity index (χ4v) is 3.08. The minimum Gasteiger partial charge on any atom is -0.464 e. The van der Waals surface area contributed by atoms with E-state index in [9.17, 15) is 14.4 Å². The van der Waals surface area contributed by atoms with Crippen molar-refractivity contribution in [2.24, 2.45) is 5.41 Å². The zero-order valence-electron chi connectivity index (χ0n) is 17.2. The Morgan fingerprint density at radius 1 is 1.18 bits per heavy atom. The van der Waals surface area contributed by atoms with Gasteiger partial charge in [-0.1, -0.05) is 51.1 Å². The lowest BCUT2D eigenvalue weighted by Crippen LogP contribution is -2.59. The van der Waals surface area contributed by atoms with Gasteiger partial charge in [-0.15, -0.1) is 0 Å². The van der Waals surface area contributed by atoms with Gasteiger partial charge >= 0.3 is 11.9 Å². The first-order chi connectivity index (χ1) is 13.4. The average molecular weight is 389 g/mol. The van der Waals surface area contributed by atoms with Gasteiger partial charge in [0.25, 0.3) is 0 Å². The number of benzene rings is 1. The molecule has 1 atom stereocenters. The third-order valence-corrected chi connectivity index (χ3v) is 5.38. The molecule has 0 aliphatic carbocycles. The van der Waals surface area contributed by atoms with Crippen molar-refractivity contribution in [2.45, 2.75) is 65.3 Å². The molecule has 1 aromatic carbocycles. The fraction of sp³-hybridized carbons (Fsp3) is 0.591. The third kappa shape index (κ3) is 5.89. The van der Waals surface area contributed by atoms with Crippen LogP contribution in [-0.4, -0.2) is 41.9 Å². The van der Waals surface area contributed by atoms with E-state index < -0.39 is 29.1 Å². The molecule has 1 heterocycles. The van der Waals surface area contributed by atoms with Crippen LogP contribution in [0, 0.1) is 5.41 Å². The van der Waals surface area contributed by atoms with Crippen LogP contribution in [0.4, 0.5) is 0 Å². The number of hydrogen-bond donors (Lipinski definition) is 1. The number of aryl methyl sites for hydroxylation is 1. The minimum absolute atomic E-state index is 0.318. The normalized spacial score (nSPS) is 17.2. The first-order valence-electron chi connectivity index (χ1n) is 10.2. The molecular weight excluding hydrogens is 356 g/mol. The van der Waals surface area contributed by atoms with Crippen molar-refractivity contribution in [3.8, 4) is 0 Å². The summed E-state index contributed by atoms with van der Waals surface area (Å²) in [6.45, 7) is 6.25. The lowest BCUT2D eigenvalue weighted by Gasteiger charge is -2.35. The molecule has 0 spiro atoms. The molecule has 2 rings (SSSR count). The van der Waals surface area contributed by atoms with Gasteiger partial charge in [-0.3, -0.25) is 14.6 Å². The Labute approximate surface area is 167 Å². The van der Waals surface area contributed by atoms with E-state index in [4.69, 9.17) is 4.74 Å². The van der Waals surface area contributed by atoms with Crippen LogP contribution in [0.2, 0.25) is 0 Å². The van der Waals surface area contributed by atoms with Crippen molar-refractivity contribution in [2.75, 3.05) is 13.2 Å². The van der Waals surface area contributed by atoms with Crippen LogP contribution in [-0.2, 0) is 25.5 Å². The van der Waals surface area contributed by atoms with Crippen LogP contribution in [0.3, 0.4) is 0 Å². The van der Waals surface area contributed by atoms with Crippen LogP contribution in [0.5, 0.6) is 0 Å². The van der Waals surface area contributed by atoms with Crippen molar-refractivity contribution in [3.63, 3.8) is 0 Å². The highest BCUT2D eigenvalue weighted by Gasteiger charge is 2.40. The molecule has 1 saturated heterocycles. The highest BCUT2D eigenvalue weighted by atomic mass is 16.5. The van der Waals surface area contributed by atoms with Crippen LogP contribution in [0.1, 0.15) is 58.4 Å². The first-order valence-corrected chi connectivity index (χ1v) is 10.2. The van der Waals surface area contributed by atoms with Gasteiger partial charge in [0.15, 0.2) is 0 Å². The average Bonchev–Trinajstić information content (AvgIpc) is 2.73. The highest BCUT2D eigenvalue weighted by Crippen LogP contribution is 2.23. The van der Waals surface area contributed by atoms with Gasteiger partial charge < -0.3 is 4.74 Å². The van der Waals surface area contributed by atoms with Crippen molar-refractivity contribution in [1.29, 1.82) is 0 Å². The van der Waals surface area contributed by atoms with E-state index in [1.165, 1.54) is 10.6 Å². The quantitative estimate of drug-likeness (QED) is 0.400. The molecule has 154 valence electrons. The number of nitrogens with zero attached hydrogens (tertiary/aromatic N) is 1. The fourth-order valence-electron chi connectivity index (χ4n) is 3.08. The molecule has 1 aliphatic rings. The predicted octanol–water partition coefficient (Wildman–Crippen LogP) is 3.05. The number of hydrogen-bond acceptors (Lipinski definition) is 5. The third-order valence-electron chi connectivity index (χ3n) is 5.38. The molecule has 1 aromatic rings. The van der Waals surface area contributed by atoms with Crippen molar-refractivity contribution >= 4 is 17.7 Å². The largest absolute Gasteiger partial charge is 0.464 e. The van der Waals surface area contributed by atoms with E-state index in [2.05, 4.69) is 17.6 Å². The van der Waals surface area contributed by atoms with Crippen molar-refractivity contribution in [3.05, 3.63) is 35.9 Å². The van der Waals surface area contributed by atoms with Crippen LogP contribution in [0.25, 0.3) is 0 Å². The van der Waals surface area contributed by atoms with E-state index in [0.29, 0.717) is 26.0 Å². The van der Waals surface area contributed by atoms with Gasteiger partial charge in [-0.2, -0.15) is 0 Å². The van der Waals surface area contributed by atoms with Crippen LogP contribution >= 0.6 is 0 Å². The Balaban J connectivity index is 1.84. The lowest BCUT2D eigenvalue weighted by atomic mass is 9.84. The molecule has 28 heavy (non-hydrogen) atoms. The van der Waals surface area contributed by atoms with Gasteiger partial charge in [0.2, 0.25) is 5.78 Å². The number of carbonyl (C=O) groups is 3.